The number of nitrogens with one attached hydrogen (secondary N) is 1. The van der Waals surface area contributed by atoms with Gasteiger partial charge in [0, 0.05) is 18.0 Å². The molecule has 2 aliphatic heterocycles. The summed E-state index contributed by atoms with van der Waals surface area (Å²) in [6.45, 7) is -0.123. The van der Waals surface area contributed by atoms with Crippen molar-refractivity contribution in [2.75, 3.05) is 24.7 Å². The van der Waals surface area contributed by atoms with Crippen LogP contribution >= 0.6 is 0 Å². The van der Waals surface area contributed by atoms with Crippen molar-refractivity contribution in [3.63, 3.8) is 0 Å². The van der Waals surface area contributed by atoms with E-state index in [0.29, 0.717) is 37.3 Å². The molecule has 2 amide bonds. The number of benzene rings is 2. The van der Waals surface area contributed by atoms with E-state index in [-0.39, 0.29) is 37.3 Å². The Hall–Kier alpha value is -3.06. The lowest BCUT2D eigenvalue weighted by Crippen LogP contribution is -2.57. The molecular weight excluding hydrogens is 607 g/mol. The fourth-order valence-electron chi connectivity index (χ4n) is 7.27. The highest BCUT2D eigenvalue weighted by atomic mass is 32.2. The van der Waals surface area contributed by atoms with Crippen molar-refractivity contribution in [2.45, 2.75) is 74.8 Å². The number of halogens is 5. The quantitative estimate of drug-likeness (QED) is 0.446. The fraction of sp³-hybridized carbons (Fsp3) is 0.548. The van der Waals surface area contributed by atoms with Crippen LogP contribution in [0.3, 0.4) is 0 Å². The molecule has 0 saturated carbocycles. The van der Waals surface area contributed by atoms with Gasteiger partial charge in [0.25, 0.3) is 0 Å². The zero-order chi connectivity index (χ0) is 32.1. The maximum atomic E-state index is 15.0. The second kappa shape index (κ2) is 11.7. The number of hydrogen-bond donors (Lipinski definition) is 2. The smallest absolute Gasteiger partial charge is 0.387 e. The molecule has 0 bridgehead atoms. The van der Waals surface area contributed by atoms with Gasteiger partial charge in [-0.1, -0.05) is 30.3 Å². The summed E-state index contributed by atoms with van der Waals surface area (Å²) in [4.78, 5) is 28.2. The number of carbonyl (C=O) groups excluding carboxylic acids is 2. The first-order chi connectivity index (χ1) is 20.6. The van der Waals surface area contributed by atoms with E-state index in [4.69, 9.17) is 0 Å². The standard InChI is InChI=1S/C31H35F5N2O5S/c1-29(33,31(34,35)36)22-5-8-24-21(16-22)4-9-25-30(24,17-19-2-6-23(32)7-3-19)12-13-38(25)28(41)27(37-26(40)18-39)20-10-14-44(42,43)15-11-20/h2-3,5-8,16,20,25,27,39H,4,9-15,17-18H2,1H3,(H,37,40)/t25-,27?,29?,30-/m1/s1. The van der Waals surface area contributed by atoms with Crippen LogP contribution in [-0.4, -0.2) is 73.2 Å². The van der Waals surface area contributed by atoms with Gasteiger partial charge < -0.3 is 15.3 Å². The Balaban J connectivity index is 1.53. The minimum Gasteiger partial charge on any atom is -0.387 e. The number of carbonyl (C=O) groups is 2. The van der Waals surface area contributed by atoms with Gasteiger partial charge in [-0.15, -0.1) is 0 Å². The Bertz CT molecular complexity index is 1510. The van der Waals surface area contributed by atoms with Gasteiger partial charge in [-0.2, -0.15) is 13.2 Å². The Morgan fingerprint density at radius 1 is 1.07 bits per heavy atom. The predicted molar refractivity (Wildman–Crippen MR) is 152 cm³/mol. The van der Waals surface area contributed by atoms with Gasteiger partial charge in [-0.05, 0) is 85.8 Å². The van der Waals surface area contributed by atoms with Gasteiger partial charge in [-0.3, -0.25) is 9.59 Å². The molecule has 2 N–H and O–H groups in total. The zero-order valence-corrected chi connectivity index (χ0v) is 25.0. The summed E-state index contributed by atoms with van der Waals surface area (Å²) >= 11 is 0. The molecule has 0 radical (unpaired) electrons. The lowest BCUT2D eigenvalue weighted by atomic mass is 9.63. The molecular formula is C31H35F5N2O5S. The Morgan fingerprint density at radius 3 is 2.34 bits per heavy atom. The number of nitrogens with zero attached hydrogens (tertiary/aromatic N) is 1. The summed E-state index contributed by atoms with van der Waals surface area (Å²) in [6, 6.07) is 8.21. The predicted octanol–water partition coefficient (Wildman–Crippen LogP) is 3.90. The number of fused-ring (bicyclic) bond motifs is 3. The molecule has 240 valence electrons. The molecule has 13 heteroatoms. The number of likely N-dealkylation sites (tertiary alicyclic amines) is 1. The molecule has 0 spiro atoms. The van der Waals surface area contributed by atoms with Gasteiger partial charge in [0.2, 0.25) is 17.5 Å². The normalized spacial score (nSPS) is 25.4. The number of alkyl halides is 4. The summed E-state index contributed by atoms with van der Waals surface area (Å²) in [5.41, 5.74) is -2.89. The van der Waals surface area contributed by atoms with E-state index in [9.17, 15) is 45.1 Å². The summed E-state index contributed by atoms with van der Waals surface area (Å²) in [6.07, 6.45) is -3.45. The van der Waals surface area contributed by atoms with Gasteiger partial charge >= 0.3 is 6.18 Å². The summed E-state index contributed by atoms with van der Waals surface area (Å²) in [5.74, 6) is -2.36. The first-order valence-electron chi connectivity index (χ1n) is 14.6. The van der Waals surface area contributed by atoms with Gasteiger partial charge in [0.15, 0.2) is 0 Å². The van der Waals surface area contributed by atoms with Crippen LogP contribution in [0, 0.1) is 11.7 Å². The zero-order valence-electron chi connectivity index (χ0n) is 24.2. The van der Waals surface area contributed by atoms with E-state index >= 15 is 0 Å². The van der Waals surface area contributed by atoms with Crippen LogP contribution in [0.5, 0.6) is 0 Å². The van der Waals surface area contributed by atoms with E-state index < -0.39 is 74.9 Å². The van der Waals surface area contributed by atoms with Crippen LogP contribution in [0.15, 0.2) is 42.5 Å². The van der Waals surface area contributed by atoms with Crippen molar-refractivity contribution in [1.82, 2.24) is 10.2 Å². The van der Waals surface area contributed by atoms with Crippen molar-refractivity contribution < 1.29 is 45.1 Å². The first-order valence-corrected chi connectivity index (χ1v) is 16.5. The SMILES string of the molecule is CC(F)(c1ccc2c(c1)CC[C@H]1N(C(=O)C(NC(=O)CO)C3CCS(=O)(=O)CC3)CC[C@@]21Cc1ccc(F)cc1)C(F)(F)F. The van der Waals surface area contributed by atoms with E-state index in [0.717, 1.165) is 11.6 Å². The van der Waals surface area contributed by atoms with Crippen molar-refractivity contribution >= 4 is 21.7 Å². The maximum Gasteiger partial charge on any atom is 0.426 e. The topological polar surface area (TPSA) is 104 Å². The van der Waals surface area contributed by atoms with Crippen LogP contribution in [0.4, 0.5) is 22.0 Å². The molecule has 2 aromatic rings. The number of aryl methyl sites for hydroxylation is 1. The highest BCUT2D eigenvalue weighted by molar-refractivity contribution is 7.91. The number of aliphatic hydroxyl groups excluding tert-OH is 1. The van der Waals surface area contributed by atoms with Gasteiger partial charge in [-0.25, -0.2) is 17.2 Å². The van der Waals surface area contributed by atoms with Crippen LogP contribution in [-0.2, 0) is 43.4 Å². The molecule has 2 unspecified atom stereocenters. The van der Waals surface area contributed by atoms with Crippen LogP contribution in [0.2, 0.25) is 0 Å². The van der Waals surface area contributed by atoms with E-state index in [1.807, 2.05) is 0 Å². The maximum absolute atomic E-state index is 15.0. The number of aliphatic hydroxyl groups is 1. The Labute approximate surface area is 252 Å². The van der Waals surface area contributed by atoms with Crippen LogP contribution < -0.4 is 5.32 Å². The van der Waals surface area contributed by atoms with Gasteiger partial charge in [0.05, 0.1) is 11.5 Å². The second-order valence-electron chi connectivity index (χ2n) is 12.4. The molecule has 2 fully saturated rings. The molecule has 1 aliphatic carbocycles. The van der Waals surface area contributed by atoms with Crippen LogP contribution in [0.25, 0.3) is 0 Å². The number of sulfone groups is 1. The average molecular weight is 643 g/mol. The lowest BCUT2D eigenvalue weighted by molar-refractivity contribution is -0.228. The van der Waals surface area contributed by atoms with Crippen LogP contribution in [0.1, 0.15) is 54.9 Å². The highest BCUT2D eigenvalue weighted by Gasteiger charge is 2.56. The molecule has 5 rings (SSSR count). The number of amides is 2. The molecule has 4 atom stereocenters. The third-order valence-electron chi connectivity index (χ3n) is 9.73. The highest BCUT2D eigenvalue weighted by Crippen LogP contribution is 2.51. The largest absolute Gasteiger partial charge is 0.426 e. The number of hydrogen-bond acceptors (Lipinski definition) is 5. The second-order valence-corrected chi connectivity index (χ2v) is 14.7. The third-order valence-corrected chi connectivity index (χ3v) is 11.4. The summed E-state index contributed by atoms with van der Waals surface area (Å²) in [7, 11) is -3.26. The third kappa shape index (κ3) is 5.96. The Kier molecular flexibility index (Phi) is 8.60. The minimum atomic E-state index is -5.12. The summed E-state index contributed by atoms with van der Waals surface area (Å²) in [5, 5.41) is 12.0. The lowest BCUT2D eigenvalue weighted by Gasteiger charge is -2.45. The van der Waals surface area contributed by atoms with Crippen molar-refractivity contribution in [3.8, 4) is 0 Å². The molecule has 7 nitrogen and oxygen atoms in total. The molecule has 2 saturated heterocycles. The van der Waals surface area contributed by atoms with E-state index in [2.05, 4.69) is 5.32 Å². The molecule has 44 heavy (non-hydrogen) atoms. The van der Waals surface area contributed by atoms with E-state index in [1.165, 1.54) is 24.3 Å². The minimum absolute atomic E-state index is 0.129. The molecule has 2 aromatic carbocycles. The molecule has 2 heterocycles. The monoisotopic (exact) mass is 642 g/mol. The fourth-order valence-corrected chi connectivity index (χ4v) is 8.80. The molecule has 0 aromatic heterocycles. The van der Waals surface area contributed by atoms with Crippen molar-refractivity contribution in [2.24, 2.45) is 5.92 Å². The Morgan fingerprint density at radius 2 is 1.73 bits per heavy atom. The van der Waals surface area contributed by atoms with E-state index in [1.54, 1.807) is 17.0 Å². The van der Waals surface area contributed by atoms with Crippen molar-refractivity contribution in [1.29, 1.82) is 0 Å². The first kappa shape index (κ1) is 32.3. The van der Waals surface area contributed by atoms with Crippen molar-refractivity contribution in [3.05, 3.63) is 70.5 Å². The summed E-state index contributed by atoms with van der Waals surface area (Å²) < 4.78 is 93.6. The number of rotatable bonds is 7. The average Bonchev–Trinajstić information content (AvgIpc) is 3.35. The molecule has 3 aliphatic rings. The van der Waals surface area contributed by atoms with Gasteiger partial charge in [0.1, 0.15) is 28.3 Å².